The summed E-state index contributed by atoms with van der Waals surface area (Å²) in [5, 5.41) is 0.0696. The summed E-state index contributed by atoms with van der Waals surface area (Å²) in [6.45, 7) is 20.2. The van der Waals surface area contributed by atoms with Gasteiger partial charge in [0.15, 0.2) is 8.32 Å². The number of hydrogen-bond acceptors (Lipinski definition) is 4. The average Bonchev–Trinajstić information content (AvgIpc) is 2.34. The highest BCUT2D eigenvalue weighted by atomic mass is 28.4. The Bertz CT molecular complexity index is 421. The quantitative estimate of drug-likeness (QED) is 0.398. The van der Waals surface area contributed by atoms with Gasteiger partial charge in [-0.05, 0) is 38.9 Å². The van der Waals surface area contributed by atoms with Crippen molar-refractivity contribution < 1.29 is 18.8 Å². The Balaban J connectivity index is 5.09. The lowest BCUT2D eigenvalue weighted by Gasteiger charge is -2.38. The molecular formula is C17H33NO4Si. The number of carbonyl (C=O) groups is 2. The van der Waals surface area contributed by atoms with Gasteiger partial charge in [0.25, 0.3) is 0 Å². The van der Waals surface area contributed by atoms with Crippen LogP contribution in [0.3, 0.4) is 0 Å². The van der Waals surface area contributed by atoms with Crippen molar-refractivity contribution in [3.8, 4) is 0 Å². The van der Waals surface area contributed by atoms with Gasteiger partial charge in [0.2, 0.25) is 0 Å². The van der Waals surface area contributed by atoms with E-state index in [0.717, 1.165) is 0 Å². The van der Waals surface area contributed by atoms with Gasteiger partial charge in [-0.1, -0.05) is 26.8 Å². The molecule has 6 heteroatoms. The minimum atomic E-state index is -1.95. The molecule has 23 heavy (non-hydrogen) atoms. The second-order valence-electron chi connectivity index (χ2n) is 8.17. The Morgan fingerprint density at radius 1 is 1.22 bits per heavy atom. The molecular weight excluding hydrogens is 310 g/mol. The maximum atomic E-state index is 12.3. The zero-order valence-electron chi connectivity index (χ0n) is 15.9. The van der Waals surface area contributed by atoms with Gasteiger partial charge in [0.1, 0.15) is 11.9 Å². The zero-order chi connectivity index (χ0) is 18.5. The molecule has 0 saturated carbocycles. The third-order valence-corrected chi connectivity index (χ3v) is 8.49. The Morgan fingerprint density at radius 3 is 2.09 bits per heavy atom. The second kappa shape index (κ2) is 8.10. The number of hydrogen-bond donors (Lipinski definition) is 0. The molecule has 0 aliphatic heterocycles. The molecule has 5 nitrogen and oxygen atoms in total. The maximum Gasteiger partial charge on any atom is 0.411 e. The number of aldehydes is 1. The van der Waals surface area contributed by atoms with E-state index in [-0.39, 0.29) is 11.6 Å². The standard InChI is InChI=1S/C17H33NO4Si/c1-10-14(13-21-23(8,9)17(5,6)7)18(11-12-19)15(20)22-16(2,3)4/h10,12,14H,1,11,13H2,2-9H3/t14-/m0/s1. The molecule has 0 rings (SSSR count). The molecule has 0 fully saturated rings. The third-order valence-electron chi connectivity index (χ3n) is 3.99. The summed E-state index contributed by atoms with van der Waals surface area (Å²) in [5.41, 5.74) is -0.621. The smallest absolute Gasteiger partial charge is 0.411 e. The lowest BCUT2D eigenvalue weighted by molar-refractivity contribution is -0.109. The van der Waals surface area contributed by atoms with Crippen molar-refractivity contribution in [2.45, 2.75) is 71.3 Å². The molecule has 1 atom stereocenters. The summed E-state index contributed by atoms with van der Waals surface area (Å²) < 4.78 is 11.5. The van der Waals surface area contributed by atoms with Gasteiger partial charge < -0.3 is 14.0 Å². The van der Waals surface area contributed by atoms with Crippen LogP contribution in [0.5, 0.6) is 0 Å². The highest BCUT2D eigenvalue weighted by Crippen LogP contribution is 2.36. The molecule has 0 aromatic rings. The van der Waals surface area contributed by atoms with Crippen LogP contribution < -0.4 is 0 Å². The predicted octanol–water partition coefficient (Wildman–Crippen LogP) is 4.00. The van der Waals surface area contributed by atoms with Crippen LogP contribution in [-0.4, -0.2) is 50.4 Å². The van der Waals surface area contributed by atoms with Gasteiger partial charge in [-0.25, -0.2) is 4.79 Å². The fourth-order valence-corrected chi connectivity index (χ4v) is 2.56. The first-order valence-corrected chi connectivity index (χ1v) is 10.9. The van der Waals surface area contributed by atoms with Crippen LogP contribution in [0.15, 0.2) is 12.7 Å². The Hall–Kier alpha value is -1.14. The first-order valence-electron chi connectivity index (χ1n) is 7.95. The van der Waals surface area contributed by atoms with Crippen LogP contribution in [0.4, 0.5) is 4.79 Å². The molecule has 0 saturated heterocycles. The van der Waals surface area contributed by atoms with Gasteiger partial charge in [0.05, 0.1) is 19.2 Å². The van der Waals surface area contributed by atoms with Crippen molar-refractivity contribution in [2.75, 3.05) is 13.2 Å². The molecule has 0 bridgehead atoms. The van der Waals surface area contributed by atoms with E-state index in [9.17, 15) is 9.59 Å². The molecule has 0 unspecified atom stereocenters. The van der Waals surface area contributed by atoms with Gasteiger partial charge in [0, 0.05) is 0 Å². The molecule has 0 radical (unpaired) electrons. The highest BCUT2D eigenvalue weighted by Gasteiger charge is 2.38. The lowest BCUT2D eigenvalue weighted by atomic mass is 10.2. The van der Waals surface area contributed by atoms with Gasteiger partial charge >= 0.3 is 6.09 Å². The number of nitrogens with zero attached hydrogens (tertiary/aromatic N) is 1. The SMILES string of the molecule is C=C[C@@H](CO[Si](C)(C)C(C)(C)C)N(CC=O)C(=O)OC(C)(C)C. The Kier molecular flexibility index (Phi) is 7.70. The van der Waals surface area contributed by atoms with Gasteiger partial charge in [-0.2, -0.15) is 0 Å². The van der Waals surface area contributed by atoms with E-state index >= 15 is 0 Å². The summed E-state index contributed by atoms with van der Waals surface area (Å²) in [4.78, 5) is 24.6. The van der Waals surface area contributed by atoms with E-state index in [0.29, 0.717) is 12.9 Å². The molecule has 0 aromatic heterocycles. The van der Waals surface area contributed by atoms with Crippen molar-refractivity contribution >= 4 is 20.7 Å². The summed E-state index contributed by atoms with van der Waals surface area (Å²) in [7, 11) is -1.95. The van der Waals surface area contributed by atoms with Crippen molar-refractivity contribution in [3.63, 3.8) is 0 Å². The summed E-state index contributed by atoms with van der Waals surface area (Å²) in [6, 6.07) is -0.399. The molecule has 0 aromatic carbocycles. The van der Waals surface area contributed by atoms with E-state index in [4.69, 9.17) is 9.16 Å². The van der Waals surface area contributed by atoms with E-state index < -0.39 is 26.1 Å². The largest absolute Gasteiger partial charge is 0.444 e. The Labute approximate surface area is 142 Å². The van der Waals surface area contributed by atoms with Crippen LogP contribution in [0.2, 0.25) is 18.1 Å². The molecule has 0 N–H and O–H groups in total. The highest BCUT2D eigenvalue weighted by molar-refractivity contribution is 6.74. The van der Waals surface area contributed by atoms with Crippen molar-refractivity contribution in [3.05, 3.63) is 12.7 Å². The van der Waals surface area contributed by atoms with Crippen LogP contribution in [0, 0.1) is 0 Å². The van der Waals surface area contributed by atoms with Crippen LogP contribution >= 0.6 is 0 Å². The van der Waals surface area contributed by atoms with E-state index in [1.165, 1.54) is 4.90 Å². The first-order chi connectivity index (χ1) is 10.2. The molecule has 134 valence electrons. The summed E-state index contributed by atoms with van der Waals surface area (Å²) in [6.07, 6.45) is 1.78. The van der Waals surface area contributed by atoms with E-state index in [1.54, 1.807) is 26.8 Å². The number of carbonyl (C=O) groups excluding carboxylic acids is 2. The maximum absolute atomic E-state index is 12.3. The average molecular weight is 344 g/mol. The fourth-order valence-electron chi connectivity index (χ4n) is 1.54. The van der Waals surface area contributed by atoms with Crippen molar-refractivity contribution in [1.29, 1.82) is 0 Å². The normalized spacial score (nSPS) is 14.1. The Morgan fingerprint density at radius 2 is 1.74 bits per heavy atom. The second-order valence-corrected chi connectivity index (χ2v) is 13.0. The summed E-state index contributed by atoms with van der Waals surface area (Å²) >= 11 is 0. The molecule has 0 aliphatic rings. The molecule has 0 spiro atoms. The zero-order valence-corrected chi connectivity index (χ0v) is 16.9. The van der Waals surface area contributed by atoms with Crippen LogP contribution in [0.25, 0.3) is 0 Å². The van der Waals surface area contributed by atoms with Gasteiger partial charge in [-0.15, -0.1) is 6.58 Å². The molecule has 1 amide bonds. The van der Waals surface area contributed by atoms with E-state index in [1.807, 2.05) is 0 Å². The first kappa shape index (κ1) is 21.9. The fraction of sp³-hybridized carbons (Fsp3) is 0.765. The number of amides is 1. The molecule has 0 aliphatic carbocycles. The van der Waals surface area contributed by atoms with Crippen molar-refractivity contribution in [1.82, 2.24) is 4.90 Å². The monoisotopic (exact) mass is 343 g/mol. The van der Waals surface area contributed by atoms with Crippen LogP contribution in [-0.2, 0) is 14.0 Å². The number of ether oxygens (including phenoxy) is 1. The van der Waals surface area contributed by atoms with Gasteiger partial charge in [-0.3, -0.25) is 4.90 Å². The van der Waals surface area contributed by atoms with E-state index in [2.05, 4.69) is 40.4 Å². The number of rotatable bonds is 7. The minimum Gasteiger partial charge on any atom is -0.444 e. The predicted molar refractivity (Wildman–Crippen MR) is 96.1 cm³/mol. The molecule has 0 heterocycles. The topological polar surface area (TPSA) is 55.8 Å². The summed E-state index contributed by atoms with van der Waals surface area (Å²) in [5.74, 6) is 0. The lowest BCUT2D eigenvalue weighted by Crippen LogP contribution is -2.49. The van der Waals surface area contributed by atoms with Crippen LogP contribution in [0.1, 0.15) is 41.5 Å². The minimum absolute atomic E-state index is 0.0491. The third kappa shape index (κ3) is 7.31. The van der Waals surface area contributed by atoms with Crippen molar-refractivity contribution in [2.24, 2.45) is 0 Å².